The second kappa shape index (κ2) is 3.54. The Bertz CT molecular complexity index is 501. The average Bonchev–Trinajstić information content (AvgIpc) is 2.18. The van der Waals surface area contributed by atoms with Crippen molar-refractivity contribution in [1.82, 2.24) is 4.98 Å². The molecule has 1 aromatic carbocycles. The van der Waals surface area contributed by atoms with Gasteiger partial charge in [0.05, 0.1) is 5.52 Å². The summed E-state index contributed by atoms with van der Waals surface area (Å²) in [6.07, 6.45) is 0. The Balaban J connectivity index is 2.76. The summed E-state index contributed by atoms with van der Waals surface area (Å²) >= 11 is 0. The highest BCUT2D eigenvalue weighted by Gasteiger charge is 2.08. The highest BCUT2D eigenvalue weighted by molar-refractivity contribution is 5.84. The second-order valence-corrected chi connectivity index (χ2v) is 4.26. The maximum absolute atomic E-state index is 5.95. The van der Waals surface area contributed by atoms with E-state index in [-0.39, 0.29) is 0 Å². The number of para-hydroxylation sites is 1. The standard InChI is InChI=1S/C13H16N2/c1-8(2)11-7-10-6-4-5-9(3)12(10)15-13(11)14/h4-8H,1-3H3,(H2,14,15). The number of nitrogens with two attached hydrogens (primary N) is 1. The Morgan fingerprint density at radius 2 is 2.00 bits per heavy atom. The number of pyridine rings is 1. The van der Waals surface area contributed by atoms with Crippen LogP contribution in [0.1, 0.15) is 30.9 Å². The van der Waals surface area contributed by atoms with Gasteiger partial charge in [0.1, 0.15) is 5.82 Å². The monoisotopic (exact) mass is 200 g/mol. The van der Waals surface area contributed by atoms with Crippen molar-refractivity contribution in [2.75, 3.05) is 5.73 Å². The van der Waals surface area contributed by atoms with Crippen molar-refractivity contribution in [2.24, 2.45) is 0 Å². The molecule has 0 fully saturated rings. The number of hydrogen-bond acceptors (Lipinski definition) is 2. The third-order valence-electron chi connectivity index (χ3n) is 2.73. The topological polar surface area (TPSA) is 38.9 Å². The van der Waals surface area contributed by atoms with Gasteiger partial charge in [-0.2, -0.15) is 0 Å². The van der Waals surface area contributed by atoms with E-state index in [0.717, 1.165) is 11.1 Å². The second-order valence-electron chi connectivity index (χ2n) is 4.26. The minimum Gasteiger partial charge on any atom is -0.383 e. The summed E-state index contributed by atoms with van der Waals surface area (Å²) in [5, 5.41) is 1.17. The van der Waals surface area contributed by atoms with Crippen LogP contribution >= 0.6 is 0 Å². The molecule has 2 nitrogen and oxygen atoms in total. The Morgan fingerprint density at radius 1 is 1.27 bits per heavy atom. The molecule has 2 rings (SSSR count). The van der Waals surface area contributed by atoms with Gasteiger partial charge in [-0.15, -0.1) is 0 Å². The lowest BCUT2D eigenvalue weighted by Gasteiger charge is -2.11. The number of aryl methyl sites for hydroxylation is 1. The fourth-order valence-electron chi connectivity index (χ4n) is 1.84. The minimum atomic E-state index is 0.419. The molecule has 0 aliphatic heterocycles. The zero-order valence-electron chi connectivity index (χ0n) is 9.41. The van der Waals surface area contributed by atoms with Gasteiger partial charge < -0.3 is 5.73 Å². The molecule has 1 heterocycles. The summed E-state index contributed by atoms with van der Waals surface area (Å²) < 4.78 is 0. The smallest absolute Gasteiger partial charge is 0.127 e. The van der Waals surface area contributed by atoms with Crippen molar-refractivity contribution in [3.8, 4) is 0 Å². The lowest BCUT2D eigenvalue weighted by molar-refractivity contribution is 0.866. The Labute approximate surface area is 90.1 Å². The molecule has 1 aromatic heterocycles. The highest BCUT2D eigenvalue weighted by Crippen LogP contribution is 2.26. The van der Waals surface area contributed by atoms with Crippen LogP contribution in [0.4, 0.5) is 5.82 Å². The van der Waals surface area contributed by atoms with Crippen molar-refractivity contribution in [3.05, 3.63) is 35.4 Å². The minimum absolute atomic E-state index is 0.419. The number of fused-ring (bicyclic) bond motifs is 1. The van der Waals surface area contributed by atoms with E-state index >= 15 is 0 Å². The van der Waals surface area contributed by atoms with E-state index in [4.69, 9.17) is 5.73 Å². The van der Waals surface area contributed by atoms with Crippen LogP contribution in [0.2, 0.25) is 0 Å². The zero-order chi connectivity index (χ0) is 11.0. The first-order valence-electron chi connectivity index (χ1n) is 5.25. The Morgan fingerprint density at radius 3 is 2.67 bits per heavy atom. The third kappa shape index (κ3) is 1.67. The summed E-state index contributed by atoms with van der Waals surface area (Å²) in [4.78, 5) is 4.47. The van der Waals surface area contributed by atoms with Crippen LogP contribution in [0.15, 0.2) is 24.3 Å². The number of hydrogen-bond donors (Lipinski definition) is 1. The molecule has 0 spiro atoms. The zero-order valence-corrected chi connectivity index (χ0v) is 9.41. The maximum atomic E-state index is 5.95. The van der Waals surface area contributed by atoms with Gasteiger partial charge in [-0.05, 0) is 30.0 Å². The molecule has 0 saturated carbocycles. The molecule has 78 valence electrons. The van der Waals surface area contributed by atoms with E-state index in [0.29, 0.717) is 11.7 Å². The molecule has 0 unspecified atom stereocenters. The summed E-state index contributed by atoms with van der Waals surface area (Å²) in [6, 6.07) is 8.35. The molecule has 0 saturated heterocycles. The van der Waals surface area contributed by atoms with E-state index in [1.807, 2.05) is 0 Å². The van der Waals surface area contributed by atoms with Crippen LogP contribution in [0.5, 0.6) is 0 Å². The molecule has 15 heavy (non-hydrogen) atoms. The molecule has 2 N–H and O–H groups in total. The summed E-state index contributed by atoms with van der Waals surface area (Å²) in [7, 11) is 0. The van der Waals surface area contributed by atoms with Crippen LogP contribution < -0.4 is 5.73 Å². The quantitative estimate of drug-likeness (QED) is 0.767. The van der Waals surface area contributed by atoms with Gasteiger partial charge in [0.2, 0.25) is 0 Å². The largest absolute Gasteiger partial charge is 0.383 e. The van der Waals surface area contributed by atoms with E-state index < -0.39 is 0 Å². The molecule has 0 bridgehead atoms. The van der Waals surface area contributed by atoms with E-state index in [1.165, 1.54) is 10.9 Å². The van der Waals surface area contributed by atoms with Gasteiger partial charge in [0.15, 0.2) is 0 Å². The van der Waals surface area contributed by atoms with Crippen molar-refractivity contribution in [2.45, 2.75) is 26.7 Å². The number of nitrogen functional groups attached to an aromatic ring is 1. The summed E-state index contributed by atoms with van der Waals surface area (Å²) in [6.45, 7) is 6.33. The van der Waals surface area contributed by atoms with Crippen molar-refractivity contribution in [1.29, 1.82) is 0 Å². The van der Waals surface area contributed by atoms with Crippen molar-refractivity contribution in [3.63, 3.8) is 0 Å². The summed E-state index contributed by atoms with van der Waals surface area (Å²) in [5.41, 5.74) is 9.27. The number of anilines is 1. The number of nitrogens with zero attached hydrogens (tertiary/aromatic N) is 1. The molecule has 0 aliphatic rings. The van der Waals surface area contributed by atoms with Crippen LogP contribution in [0.3, 0.4) is 0 Å². The van der Waals surface area contributed by atoms with Crippen molar-refractivity contribution < 1.29 is 0 Å². The third-order valence-corrected chi connectivity index (χ3v) is 2.73. The Kier molecular flexibility index (Phi) is 2.35. The molecule has 0 aliphatic carbocycles. The first kappa shape index (κ1) is 9.97. The first-order valence-corrected chi connectivity index (χ1v) is 5.25. The van der Waals surface area contributed by atoms with Crippen LogP contribution in [-0.2, 0) is 0 Å². The summed E-state index contributed by atoms with van der Waals surface area (Å²) in [5.74, 6) is 1.08. The van der Waals surface area contributed by atoms with Gasteiger partial charge in [-0.25, -0.2) is 4.98 Å². The fraction of sp³-hybridized carbons (Fsp3) is 0.308. The number of benzene rings is 1. The highest BCUT2D eigenvalue weighted by atomic mass is 14.8. The number of aromatic nitrogens is 1. The van der Waals surface area contributed by atoms with E-state index in [9.17, 15) is 0 Å². The predicted molar refractivity (Wildman–Crippen MR) is 65.0 cm³/mol. The Hall–Kier alpha value is -1.57. The molecular formula is C13H16N2. The van der Waals surface area contributed by atoms with Crippen LogP contribution in [-0.4, -0.2) is 4.98 Å². The van der Waals surface area contributed by atoms with E-state index in [2.05, 4.69) is 50.0 Å². The van der Waals surface area contributed by atoms with Gasteiger partial charge in [0, 0.05) is 5.39 Å². The molecule has 2 aromatic rings. The van der Waals surface area contributed by atoms with Gasteiger partial charge in [-0.1, -0.05) is 32.0 Å². The molecular weight excluding hydrogens is 184 g/mol. The molecule has 0 atom stereocenters. The normalized spacial score (nSPS) is 11.2. The number of rotatable bonds is 1. The lowest BCUT2D eigenvalue weighted by atomic mass is 10.0. The average molecular weight is 200 g/mol. The van der Waals surface area contributed by atoms with Gasteiger partial charge in [-0.3, -0.25) is 0 Å². The SMILES string of the molecule is Cc1cccc2cc(C(C)C)c(N)nc12. The molecule has 0 radical (unpaired) electrons. The van der Waals surface area contributed by atoms with Crippen LogP contribution in [0.25, 0.3) is 10.9 Å². The van der Waals surface area contributed by atoms with Gasteiger partial charge in [0.25, 0.3) is 0 Å². The lowest BCUT2D eigenvalue weighted by Crippen LogP contribution is -2.00. The van der Waals surface area contributed by atoms with Crippen molar-refractivity contribution >= 4 is 16.7 Å². The first-order chi connectivity index (χ1) is 7.09. The van der Waals surface area contributed by atoms with E-state index in [1.54, 1.807) is 0 Å². The van der Waals surface area contributed by atoms with Gasteiger partial charge >= 0.3 is 0 Å². The molecule has 2 heteroatoms. The van der Waals surface area contributed by atoms with Crippen LogP contribution in [0, 0.1) is 6.92 Å². The fourth-order valence-corrected chi connectivity index (χ4v) is 1.84. The maximum Gasteiger partial charge on any atom is 0.127 e. The predicted octanol–water partition coefficient (Wildman–Crippen LogP) is 3.25. The molecule has 0 amide bonds.